The van der Waals surface area contributed by atoms with Crippen molar-refractivity contribution in [2.24, 2.45) is 17.1 Å². The van der Waals surface area contributed by atoms with Crippen LogP contribution in [0, 0.1) is 11.3 Å². The van der Waals surface area contributed by atoms with Gasteiger partial charge in [0.25, 0.3) is 5.91 Å². The molecule has 0 aromatic rings. The van der Waals surface area contributed by atoms with Gasteiger partial charge in [0.15, 0.2) is 0 Å². The lowest BCUT2D eigenvalue weighted by Crippen LogP contribution is -2.46. The molecule has 4 N–H and O–H groups in total. The van der Waals surface area contributed by atoms with Crippen molar-refractivity contribution in [3.8, 4) is 0 Å². The van der Waals surface area contributed by atoms with E-state index in [4.69, 9.17) is 10.6 Å². The van der Waals surface area contributed by atoms with Gasteiger partial charge in [-0.3, -0.25) is 14.4 Å². The Morgan fingerprint density at radius 2 is 2.29 bits per heavy atom. The van der Waals surface area contributed by atoms with E-state index in [1.165, 1.54) is 0 Å². The average Bonchev–Trinajstić information content (AvgIpc) is 2.59. The molecule has 0 aromatic carbocycles. The standard InChI is InChI=1S/C11H21N3O3/c1-11(2,3)4-7(5-12)9(15)13-8-6-17-14-10(8)16/h7-8H,4-6,12H2,1-3H3,(H,13,15)(H,14,16)/t7?,8-/m1/s1. The lowest BCUT2D eigenvalue weighted by atomic mass is 9.84. The topological polar surface area (TPSA) is 93.5 Å². The number of hydroxylamine groups is 1. The smallest absolute Gasteiger partial charge is 0.268 e. The van der Waals surface area contributed by atoms with Gasteiger partial charge in [-0.15, -0.1) is 0 Å². The molecular weight excluding hydrogens is 222 g/mol. The molecule has 0 bridgehead atoms. The third-order valence-corrected chi connectivity index (χ3v) is 2.57. The van der Waals surface area contributed by atoms with Crippen LogP contribution >= 0.6 is 0 Å². The fraction of sp³-hybridized carbons (Fsp3) is 0.818. The molecule has 6 heteroatoms. The second kappa shape index (κ2) is 5.46. The third-order valence-electron chi connectivity index (χ3n) is 2.57. The van der Waals surface area contributed by atoms with Crippen LogP contribution in [0.2, 0.25) is 0 Å². The Balaban J connectivity index is 2.52. The number of nitrogens with one attached hydrogen (secondary N) is 2. The Morgan fingerprint density at radius 1 is 1.65 bits per heavy atom. The summed E-state index contributed by atoms with van der Waals surface area (Å²) in [6.45, 7) is 6.59. The molecule has 0 aromatic heterocycles. The van der Waals surface area contributed by atoms with Crippen molar-refractivity contribution in [2.45, 2.75) is 33.2 Å². The Hall–Kier alpha value is -1.14. The van der Waals surface area contributed by atoms with Crippen molar-refractivity contribution >= 4 is 11.8 Å². The van der Waals surface area contributed by atoms with Crippen molar-refractivity contribution in [1.29, 1.82) is 0 Å². The van der Waals surface area contributed by atoms with Gasteiger partial charge in [0.05, 0.1) is 5.92 Å². The normalized spacial score (nSPS) is 22.1. The summed E-state index contributed by atoms with van der Waals surface area (Å²) in [6, 6.07) is -0.600. The van der Waals surface area contributed by atoms with E-state index < -0.39 is 6.04 Å². The second-order valence-corrected chi connectivity index (χ2v) is 5.54. The van der Waals surface area contributed by atoms with Crippen LogP contribution in [0.1, 0.15) is 27.2 Å². The minimum absolute atomic E-state index is 0.0236. The zero-order valence-corrected chi connectivity index (χ0v) is 10.6. The molecule has 0 aliphatic carbocycles. The van der Waals surface area contributed by atoms with Crippen LogP contribution in [-0.2, 0) is 14.4 Å². The van der Waals surface area contributed by atoms with Gasteiger partial charge in [0.1, 0.15) is 12.6 Å². The summed E-state index contributed by atoms with van der Waals surface area (Å²) in [5.74, 6) is -0.777. The highest BCUT2D eigenvalue weighted by Crippen LogP contribution is 2.24. The molecular formula is C11H21N3O3. The quantitative estimate of drug-likeness (QED) is 0.623. The second-order valence-electron chi connectivity index (χ2n) is 5.54. The number of rotatable bonds is 4. The first kappa shape index (κ1) is 13.9. The van der Waals surface area contributed by atoms with Crippen LogP contribution in [0.25, 0.3) is 0 Å². The fourth-order valence-electron chi connectivity index (χ4n) is 1.76. The number of nitrogens with two attached hydrogens (primary N) is 1. The van der Waals surface area contributed by atoms with E-state index >= 15 is 0 Å². The highest BCUT2D eigenvalue weighted by atomic mass is 16.7. The lowest BCUT2D eigenvalue weighted by Gasteiger charge is -2.24. The van der Waals surface area contributed by atoms with Gasteiger partial charge in [-0.2, -0.15) is 0 Å². The summed E-state index contributed by atoms with van der Waals surface area (Å²) < 4.78 is 0. The van der Waals surface area contributed by atoms with Gasteiger partial charge in [0.2, 0.25) is 5.91 Å². The van der Waals surface area contributed by atoms with E-state index in [9.17, 15) is 9.59 Å². The summed E-state index contributed by atoms with van der Waals surface area (Å²) in [5.41, 5.74) is 7.82. The molecule has 2 amide bonds. The largest absolute Gasteiger partial charge is 0.342 e. The van der Waals surface area contributed by atoms with Crippen molar-refractivity contribution in [3.63, 3.8) is 0 Å². The van der Waals surface area contributed by atoms with Crippen molar-refractivity contribution < 1.29 is 14.4 Å². The SMILES string of the molecule is CC(C)(C)CC(CN)C(=O)N[C@@H]1CONC1=O. The fourth-order valence-corrected chi connectivity index (χ4v) is 1.76. The summed E-state index contributed by atoms with van der Waals surface area (Å²) in [7, 11) is 0. The zero-order valence-electron chi connectivity index (χ0n) is 10.6. The first-order valence-electron chi connectivity index (χ1n) is 5.75. The highest BCUT2D eigenvalue weighted by Gasteiger charge is 2.30. The molecule has 98 valence electrons. The van der Waals surface area contributed by atoms with Crippen LogP contribution < -0.4 is 16.5 Å². The maximum atomic E-state index is 11.9. The lowest BCUT2D eigenvalue weighted by molar-refractivity contribution is -0.130. The van der Waals surface area contributed by atoms with Gasteiger partial charge in [-0.05, 0) is 11.8 Å². The molecule has 2 atom stereocenters. The van der Waals surface area contributed by atoms with E-state index in [2.05, 4.69) is 10.8 Å². The van der Waals surface area contributed by atoms with E-state index in [1.807, 2.05) is 20.8 Å². The molecule has 1 aliphatic rings. The van der Waals surface area contributed by atoms with Crippen LogP contribution in [0.15, 0.2) is 0 Å². The number of hydrogen-bond acceptors (Lipinski definition) is 4. The van der Waals surface area contributed by atoms with Crippen LogP contribution in [0.5, 0.6) is 0 Å². The first-order chi connectivity index (χ1) is 7.83. The van der Waals surface area contributed by atoms with E-state index in [0.717, 1.165) is 0 Å². The zero-order chi connectivity index (χ0) is 13.1. The molecule has 1 saturated heterocycles. The predicted molar refractivity (Wildman–Crippen MR) is 62.6 cm³/mol. The van der Waals surface area contributed by atoms with Gasteiger partial charge in [0, 0.05) is 6.54 Å². The monoisotopic (exact) mass is 243 g/mol. The number of carbonyl (C=O) groups excluding carboxylic acids is 2. The van der Waals surface area contributed by atoms with Crippen LogP contribution in [0.4, 0.5) is 0 Å². The summed E-state index contributed by atoms with van der Waals surface area (Å²) in [4.78, 5) is 27.9. The molecule has 1 fully saturated rings. The molecule has 6 nitrogen and oxygen atoms in total. The van der Waals surface area contributed by atoms with Crippen LogP contribution in [0.3, 0.4) is 0 Å². The summed E-state index contributed by atoms with van der Waals surface area (Å²) in [5, 5.41) is 2.65. The average molecular weight is 243 g/mol. The van der Waals surface area contributed by atoms with Crippen LogP contribution in [-0.4, -0.2) is 31.0 Å². The van der Waals surface area contributed by atoms with Crippen molar-refractivity contribution in [3.05, 3.63) is 0 Å². The highest BCUT2D eigenvalue weighted by molar-refractivity contribution is 5.89. The maximum absolute atomic E-state index is 11.9. The number of amides is 2. The molecule has 0 spiro atoms. The van der Waals surface area contributed by atoms with Gasteiger partial charge in [-0.25, -0.2) is 5.48 Å². The van der Waals surface area contributed by atoms with E-state index in [0.29, 0.717) is 6.42 Å². The molecule has 0 radical (unpaired) electrons. The molecule has 0 saturated carbocycles. The third kappa shape index (κ3) is 4.32. The van der Waals surface area contributed by atoms with Crippen molar-refractivity contribution in [1.82, 2.24) is 10.8 Å². The van der Waals surface area contributed by atoms with Crippen molar-refractivity contribution in [2.75, 3.05) is 13.2 Å². The first-order valence-corrected chi connectivity index (χ1v) is 5.75. The Bertz CT molecular complexity index is 299. The molecule has 1 heterocycles. The van der Waals surface area contributed by atoms with Gasteiger partial charge >= 0.3 is 0 Å². The maximum Gasteiger partial charge on any atom is 0.268 e. The Labute approximate surface area is 101 Å². The van der Waals surface area contributed by atoms with Gasteiger partial charge in [-0.1, -0.05) is 20.8 Å². The number of hydrogen-bond donors (Lipinski definition) is 3. The van der Waals surface area contributed by atoms with E-state index in [1.54, 1.807) is 0 Å². The predicted octanol–water partition coefficient (Wildman–Crippen LogP) is -0.456. The molecule has 1 unspecified atom stereocenters. The summed E-state index contributed by atoms with van der Waals surface area (Å²) >= 11 is 0. The molecule has 17 heavy (non-hydrogen) atoms. The molecule has 1 aliphatic heterocycles. The minimum atomic E-state index is -0.600. The molecule has 1 rings (SSSR count). The summed E-state index contributed by atoms with van der Waals surface area (Å²) in [6.07, 6.45) is 0.685. The van der Waals surface area contributed by atoms with E-state index in [-0.39, 0.29) is 36.3 Å². The number of carbonyl (C=O) groups is 2. The Kier molecular flexibility index (Phi) is 4.47. The Morgan fingerprint density at radius 3 is 2.71 bits per heavy atom. The minimum Gasteiger partial charge on any atom is -0.342 e. The van der Waals surface area contributed by atoms with Gasteiger partial charge < -0.3 is 11.1 Å².